The maximum atomic E-state index is 12.5. The summed E-state index contributed by atoms with van der Waals surface area (Å²) in [4.78, 5) is 22.2. The molecule has 0 amide bonds. The van der Waals surface area contributed by atoms with E-state index in [1.54, 1.807) is 18.2 Å². The third kappa shape index (κ3) is 3.23. The fourth-order valence-corrected chi connectivity index (χ4v) is 1.03. The zero-order valence-corrected chi connectivity index (χ0v) is 8.17. The molecule has 0 heterocycles. The second-order valence-corrected chi connectivity index (χ2v) is 3.28. The minimum absolute atomic E-state index is 0.273. The molecule has 0 bridgehead atoms. The molecule has 4 heteroatoms. The molecule has 0 unspecified atom stereocenters. The maximum Gasteiger partial charge on any atom is 0.303 e. The lowest BCUT2D eigenvalue weighted by atomic mass is 10.0. The number of alkyl halides is 2. The van der Waals surface area contributed by atoms with Gasteiger partial charge in [-0.15, -0.1) is 0 Å². The normalized spacial score (nSPS) is 11.1. The summed E-state index contributed by atoms with van der Waals surface area (Å²) in [6.45, 7) is 0.494. The van der Waals surface area contributed by atoms with Gasteiger partial charge < -0.3 is 0 Å². The first-order chi connectivity index (χ1) is 6.91. The number of hydrogen-bond acceptors (Lipinski definition) is 2. The minimum atomic E-state index is -3.44. The van der Waals surface area contributed by atoms with E-state index in [1.807, 2.05) is 0 Å². The van der Waals surface area contributed by atoms with Crippen molar-refractivity contribution < 1.29 is 18.4 Å². The molecule has 0 atom stereocenters. The Morgan fingerprint density at radius 3 is 2.20 bits per heavy atom. The van der Waals surface area contributed by atoms with E-state index in [2.05, 4.69) is 0 Å². The molecule has 0 saturated heterocycles. The lowest BCUT2D eigenvalue weighted by Gasteiger charge is -2.07. The number of carbonyl (C=O) groups is 2. The Kier molecular flexibility index (Phi) is 3.29. The van der Waals surface area contributed by atoms with Gasteiger partial charge in [-0.25, -0.2) is 0 Å². The van der Waals surface area contributed by atoms with Gasteiger partial charge in [0.15, 0.2) is 5.78 Å². The van der Waals surface area contributed by atoms with Crippen molar-refractivity contribution in [3.63, 3.8) is 0 Å². The first-order valence-electron chi connectivity index (χ1n) is 4.40. The number of Topliss-reactive ketones (excluding diaryl/α,β-unsaturated/α-hetero) is 2. The number of carbonyl (C=O) groups excluding carboxylic acids is 2. The summed E-state index contributed by atoms with van der Waals surface area (Å²) < 4.78 is 25.0. The summed E-state index contributed by atoms with van der Waals surface area (Å²) in [6.07, 6.45) is -0.756. The molecule has 0 aliphatic heterocycles. The Hall–Kier alpha value is -1.58. The highest BCUT2D eigenvalue weighted by atomic mass is 19.3. The zero-order chi connectivity index (χ0) is 11.5. The summed E-state index contributed by atoms with van der Waals surface area (Å²) in [5.74, 6) is -5.37. The lowest BCUT2D eigenvalue weighted by molar-refractivity contribution is -0.139. The molecule has 0 spiro atoms. The van der Waals surface area contributed by atoms with E-state index in [4.69, 9.17) is 0 Å². The highest BCUT2D eigenvalue weighted by molar-refractivity contribution is 6.09. The molecule has 0 aromatic heterocycles. The van der Waals surface area contributed by atoms with Crippen LogP contribution in [0.1, 0.15) is 23.7 Å². The fourth-order valence-electron chi connectivity index (χ4n) is 1.03. The van der Waals surface area contributed by atoms with Gasteiger partial charge >= 0.3 is 5.92 Å². The summed E-state index contributed by atoms with van der Waals surface area (Å²) in [7, 11) is 0. The lowest BCUT2D eigenvalue weighted by Crippen LogP contribution is -2.26. The van der Waals surface area contributed by atoms with Crippen LogP contribution in [-0.2, 0) is 4.79 Å². The van der Waals surface area contributed by atoms with Crippen LogP contribution in [0.5, 0.6) is 0 Å². The molecule has 80 valence electrons. The summed E-state index contributed by atoms with van der Waals surface area (Å²) >= 11 is 0. The fraction of sp³-hybridized carbons (Fsp3) is 0.273. The molecule has 2 nitrogen and oxygen atoms in total. The van der Waals surface area contributed by atoms with Crippen LogP contribution >= 0.6 is 0 Å². The van der Waals surface area contributed by atoms with Crippen molar-refractivity contribution in [2.75, 3.05) is 0 Å². The zero-order valence-electron chi connectivity index (χ0n) is 8.17. The van der Waals surface area contributed by atoms with E-state index in [9.17, 15) is 18.4 Å². The second-order valence-electron chi connectivity index (χ2n) is 3.28. The van der Waals surface area contributed by atoms with Crippen LogP contribution in [0.2, 0.25) is 0 Å². The first-order valence-corrected chi connectivity index (χ1v) is 4.40. The van der Waals surface area contributed by atoms with Crippen molar-refractivity contribution in [2.24, 2.45) is 0 Å². The van der Waals surface area contributed by atoms with Gasteiger partial charge in [-0.3, -0.25) is 9.59 Å². The summed E-state index contributed by atoms with van der Waals surface area (Å²) in [5, 5.41) is 0. The highest BCUT2D eigenvalue weighted by Gasteiger charge is 2.33. The Morgan fingerprint density at radius 1 is 1.20 bits per heavy atom. The Bertz CT molecular complexity index is 366. The first kappa shape index (κ1) is 11.5. The summed E-state index contributed by atoms with van der Waals surface area (Å²) in [5.41, 5.74) is 0.273. The van der Waals surface area contributed by atoms with Gasteiger partial charge in [0.2, 0.25) is 5.78 Å². The van der Waals surface area contributed by atoms with E-state index in [1.165, 1.54) is 12.1 Å². The van der Waals surface area contributed by atoms with Gasteiger partial charge in [-0.05, 0) is 0 Å². The van der Waals surface area contributed by atoms with Crippen molar-refractivity contribution in [1.29, 1.82) is 0 Å². The maximum absolute atomic E-state index is 12.5. The molecule has 1 aromatic rings. The van der Waals surface area contributed by atoms with Crippen molar-refractivity contribution in [1.82, 2.24) is 0 Å². The van der Waals surface area contributed by atoms with Crippen LogP contribution in [-0.4, -0.2) is 17.5 Å². The smallest absolute Gasteiger partial charge is 0.294 e. The number of halogens is 2. The van der Waals surface area contributed by atoms with Crippen LogP contribution in [0, 0.1) is 0 Å². The van der Waals surface area contributed by atoms with E-state index < -0.39 is 23.9 Å². The second kappa shape index (κ2) is 4.29. The van der Waals surface area contributed by atoms with Crippen LogP contribution in [0.4, 0.5) is 8.78 Å². The molecule has 0 aliphatic carbocycles. The molecular weight excluding hydrogens is 202 g/mol. The molecule has 0 saturated carbocycles. The minimum Gasteiger partial charge on any atom is -0.294 e. The average molecular weight is 212 g/mol. The molecule has 0 aliphatic rings. The Morgan fingerprint density at radius 2 is 1.73 bits per heavy atom. The molecule has 0 radical (unpaired) electrons. The van der Waals surface area contributed by atoms with Crippen molar-refractivity contribution in [3.8, 4) is 0 Å². The van der Waals surface area contributed by atoms with Crippen LogP contribution in [0.3, 0.4) is 0 Å². The molecule has 0 N–H and O–H groups in total. The standard InChI is InChI=1S/C11H10F2O2/c1-11(12,13)10(15)7-9(14)8-5-3-2-4-6-8/h2-6H,7H2,1H3. The van der Waals surface area contributed by atoms with Gasteiger partial charge in [0, 0.05) is 12.5 Å². The molecule has 1 rings (SSSR count). The number of rotatable bonds is 4. The number of benzene rings is 1. The molecule has 0 fully saturated rings. The largest absolute Gasteiger partial charge is 0.303 e. The Balaban J connectivity index is 2.70. The van der Waals surface area contributed by atoms with E-state index in [-0.39, 0.29) is 5.56 Å². The van der Waals surface area contributed by atoms with Gasteiger partial charge in [-0.2, -0.15) is 8.78 Å². The monoisotopic (exact) mass is 212 g/mol. The topological polar surface area (TPSA) is 34.1 Å². The molecule has 15 heavy (non-hydrogen) atoms. The van der Waals surface area contributed by atoms with Crippen LogP contribution in [0.15, 0.2) is 30.3 Å². The molecule has 1 aromatic carbocycles. The van der Waals surface area contributed by atoms with Gasteiger partial charge in [0.05, 0.1) is 6.42 Å². The SMILES string of the molecule is CC(F)(F)C(=O)CC(=O)c1ccccc1. The number of ketones is 2. The third-order valence-electron chi connectivity index (χ3n) is 1.91. The highest BCUT2D eigenvalue weighted by Crippen LogP contribution is 2.16. The van der Waals surface area contributed by atoms with Crippen LogP contribution in [0.25, 0.3) is 0 Å². The third-order valence-corrected chi connectivity index (χ3v) is 1.91. The van der Waals surface area contributed by atoms with Crippen molar-refractivity contribution in [2.45, 2.75) is 19.3 Å². The van der Waals surface area contributed by atoms with Crippen molar-refractivity contribution >= 4 is 11.6 Å². The molecular formula is C11H10F2O2. The van der Waals surface area contributed by atoms with Crippen LogP contribution < -0.4 is 0 Å². The number of hydrogen-bond donors (Lipinski definition) is 0. The predicted octanol–water partition coefficient (Wildman–Crippen LogP) is 2.48. The van der Waals surface area contributed by atoms with Gasteiger partial charge in [0.1, 0.15) is 0 Å². The van der Waals surface area contributed by atoms with Gasteiger partial charge in [0.25, 0.3) is 0 Å². The van der Waals surface area contributed by atoms with E-state index in [0.717, 1.165) is 0 Å². The van der Waals surface area contributed by atoms with Gasteiger partial charge in [-0.1, -0.05) is 30.3 Å². The Labute approximate surface area is 85.9 Å². The van der Waals surface area contributed by atoms with Crippen molar-refractivity contribution in [3.05, 3.63) is 35.9 Å². The quantitative estimate of drug-likeness (QED) is 0.567. The predicted molar refractivity (Wildman–Crippen MR) is 51.0 cm³/mol. The van der Waals surface area contributed by atoms with E-state index >= 15 is 0 Å². The van der Waals surface area contributed by atoms with E-state index in [0.29, 0.717) is 6.92 Å². The summed E-state index contributed by atoms with van der Waals surface area (Å²) in [6, 6.07) is 7.91. The average Bonchev–Trinajstić information content (AvgIpc) is 2.17.